The fourth-order valence-electron chi connectivity index (χ4n) is 1.07. The van der Waals surface area contributed by atoms with Crippen molar-refractivity contribution >= 4 is 22.6 Å². The maximum atomic E-state index is 9.56. The quantitative estimate of drug-likeness (QED) is 0.811. The van der Waals surface area contributed by atoms with Crippen molar-refractivity contribution in [3.8, 4) is 5.75 Å². The molecule has 0 aliphatic heterocycles. The van der Waals surface area contributed by atoms with E-state index in [9.17, 15) is 5.11 Å². The second-order valence-corrected chi connectivity index (χ2v) is 5.05. The van der Waals surface area contributed by atoms with Gasteiger partial charge in [-0.25, -0.2) is 0 Å². The lowest BCUT2D eigenvalue weighted by atomic mass is 10.3. The van der Waals surface area contributed by atoms with E-state index in [0.29, 0.717) is 6.61 Å². The van der Waals surface area contributed by atoms with Gasteiger partial charge in [0.2, 0.25) is 0 Å². The molecule has 0 saturated heterocycles. The van der Waals surface area contributed by atoms with Crippen molar-refractivity contribution in [2.45, 2.75) is 26.1 Å². The van der Waals surface area contributed by atoms with Gasteiger partial charge in [-0.1, -0.05) is 0 Å². The predicted octanol–water partition coefficient (Wildman–Crippen LogP) is 2.46. The number of aliphatic hydroxyl groups is 1. The van der Waals surface area contributed by atoms with E-state index in [4.69, 9.17) is 9.47 Å². The number of rotatable bonds is 6. The number of hydrogen-bond acceptors (Lipinski definition) is 3. The van der Waals surface area contributed by atoms with Gasteiger partial charge < -0.3 is 14.6 Å². The van der Waals surface area contributed by atoms with Gasteiger partial charge in [-0.05, 0) is 60.7 Å². The van der Waals surface area contributed by atoms with Crippen LogP contribution in [0, 0.1) is 3.57 Å². The Morgan fingerprint density at radius 3 is 2.38 bits per heavy atom. The van der Waals surface area contributed by atoms with Gasteiger partial charge in [0, 0.05) is 3.57 Å². The highest BCUT2D eigenvalue weighted by atomic mass is 127. The van der Waals surface area contributed by atoms with Gasteiger partial charge in [0.1, 0.15) is 18.5 Å². The van der Waals surface area contributed by atoms with Crippen LogP contribution < -0.4 is 4.74 Å². The van der Waals surface area contributed by atoms with Crippen molar-refractivity contribution in [3.05, 3.63) is 27.8 Å². The molecule has 90 valence electrons. The van der Waals surface area contributed by atoms with Crippen LogP contribution in [0.2, 0.25) is 0 Å². The molecule has 0 heterocycles. The molecule has 1 atom stereocenters. The van der Waals surface area contributed by atoms with Crippen LogP contribution in [0.4, 0.5) is 0 Å². The normalized spacial score (nSPS) is 12.8. The molecule has 1 N–H and O–H groups in total. The number of hydrogen-bond donors (Lipinski definition) is 1. The minimum atomic E-state index is -0.582. The van der Waals surface area contributed by atoms with Crippen LogP contribution in [0.1, 0.15) is 13.8 Å². The summed E-state index contributed by atoms with van der Waals surface area (Å²) in [7, 11) is 0. The van der Waals surface area contributed by atoms with Gasteiger partial charge in [0.15, 0.2) is 0 Å². The summed E-state index contributed by atoms with van der Waals surface area (Å²) in [5.41, 5.74) is 0. The molecule has 0 spiro atoms. The molecule has 16 heavy (non-hydrogen) atoms. The Morgan fingerprint density at radius 2 is 1.81 bits per heavy atom. The molecule has 0 amide bonds. The highest BCUT2D eigenvalue weighted by Crippen LogP contribution is 2.13. The first-order valence-corrected chi connectivity index (χ1v) is 6.34. The van der Waals surface area contributed by atoms with Crippen LogP contribution >= 0.6 is 22.6 Å². The number of aliphatic hydroxyl groups excluding tert-OH is 1. The summed E-state index contributed by atoms with van der Waals surface area (Å²) in [6.45, 7) is 4.44. The maximum absolute atomic E-state index is 9.56. The molecule has 0 aromatic heterocycles. The molecule has 4 heteroatoms. The molecule has 1 aromatic carbocycles. The fraction of sp³-hybridized carbons (Fsp3) is 0.500. The largest absolute Gasteiger partial charge is 0.491 e. The third-order valence-corrected chi connectivity index (χ3v) is 2.60. The van der Waals surface area contributed by atoms with Gasteiger partial charge in [-0.3, -0.25) is 0 Å². The van der Waals surface area contributed by atoms with Crippen LogP contribution in [0.15, 0.2) is 24.3 Å². The Balaban J connectivity index is 2.26. The standard InChI is InChI=1S/C12H17IO3/c1-9(2)15-7-11(14)8-16-12-5-3-10(13)4-6-12/h3-6,9,11,14H,7-8H2,1-2H3. The minimum Gasteiger partial charge on any atom is -0.491 e. The van der Waals surface area contributed by atoms with E-state index in [1.165, 1.54) is 0 Å². The number of ether oxygens (including phenoxy) is 2. The Labute approximate surface area is 110 Å². The summed E-state index contributed by atoms with van der Waals surface area (Å²) >= 11 is 2.23. The van der Waals surface area contributed by atoms with Crippen molar-refractivity contribution in [3.63, 3.8) is 0 Å². The highest BCUT2D eigenvalue weighted by molar-refractivity contribution is 14.1. The van der Waals surface area contributed by atoms with Crippen molar-refractivity contribution in [1.82, 2.24) is 0 Å². The molecule has 3 nitrogen and oxygen atoms in total. The first-order chi connectivity index (χ1) is 7.58. The molecule has 0 aliphatic carbocycles. The molecule has 1 unspecified atom stereocenters. The minimum absolute atomic E-state index is 0.132. The molecular formula is C12H17IO3. The zero-order valence-electron chi connectivity index (χ0n) is 9.52. The Bertz CT molecular complexity index is 298. The van der Waals surface area contributed by atoms with Crippen molar-refractivity contribution < 1.29 is 14.6 Å². The lowest BCUT2D eigenvalue weighted by molar-refractivity contribution is -0.0122. The van der Waals surface area contributed by atoms with Crippen molar-refractivity contribution in [2.24, 2.45) is 0 Å². The van der Waals surface area contributed by atoms with Crippen LogP contribution in [-0.2, 0) is 4.74 Å². The Kier molecular flexibility index (Phi) is 6.08. The smallest absolute Gasteiger partial charge is 0.119 e. The van der Waals surface area contributed by atoms with Crippen LogP contribution in [0.3, 0.4) is 0 Å². The zero-order chi connectivity index (χ0) is 12.0. The molecule has 0 aliphatic rings. The van der Waals surface area contributed by atoms with E-state index >= 15 is 0 Å². The SMILES string of the molecule is CC(C)OCC(O)COc1ccc(I)cc1. The van der Waals surface area contributed by atoms with E-state index in [1.54, 1.807) is 0 Å². The highest BCUT2D eigenvalue weighted by Gasteiger charge is 2.06. The van der Waals surface area contributed by atoms with E-state index < -0.39 is 6.10 Å². The number of benzene rings is 1. The molecule has 1 rings (SSSR count). The molecule has 0 saturated carbocycles. The Hall–Kier alpha value is -0.330. The topological polar surface area (TPSA) is 38.7 Å². The lowest BCUT2D eigenvalue weighted by Gasteiger charge is -2.14. The van der Waals surface area contributed by atoms with Crippen LogP contribution in [0.25, 0.3) is 0 Å². The average Bonchev–Trinajstić information content (AvgIpc) is 2.25. The van der Waals surface area contributed by atoms with E-state index in [0.717, 1.165) is 9.32 Å². The zero-order valence-corrected chi connectivity index (χ0v) is 11.7. The summed E-state index contributed by atoms with van der Waals surface area (Å²) < 4.78 is 11.9. The summed E-state index contributed by atoms with van der Waals surface area (Å²) in [5, 5.41) is 9.56. The first kappa shape index (κ1) is 13.7. The average molecular weight is 336 g/mol. The molecule has 1 aromatic rings. The van der Waals surface area contributed by atoms with E-state index in [2.05, 4.69) is 22.6 Å². The van der Waals surface area contributed by atoms with E-state index in [1.807, 2.05) is 38.1 Å². The van der Waals surface area contributed by atoms with Crippen molar-refractivity contribution in [1.29, 1.82) is 0 Å². The lowest BCUT2D eigenvalue weighted by Crippen LogP contribution is -2.25. The van der Waals surface area contributed by atoms with Crippen LogP contribution in [-0.4, -0.2) is 30.5 Å². The van der Waals surface area contributed by atoms with Crippen molar-refractivity contribution in [2.75, 3.05) is 13.2 Å². The maximum Gasteiger partial charge on any atom is 0.119 e. The van der Waals surface area contributed by atoms with Gasteiger partial charge in [-0.2, -0.15) is 0 Å². The molecular weight excluding hydrogens is 319 g/mol. The van der Waals surface area contributed by atoms with Gasteiger partial charge in [-0.15, -0.1) is 0 Å². The summed E-state index contributed by atoms with van der Waals surface area (Å²) in [5.74, 6) is 0.768. The molecule has 0 fully saturated rings. The Morgan fingerprint density at radius 1 is 1.19 bits per heavy atom. The third kappa shape index (κ3) is 5.67. The number of halogens is 1. The van der Waals surface area contributed by atoms with Gasteiger partial charge >= 0.3 is 0 Å². The monoisotopic (exact) mass is 336 g/mol. The predicted molar refractivity (Wildman–Crippen MR) is 71.7 cm³/mol. The van der Waals surface area contributed by atoms with Crippen LogP contribution in [0.5, 0.6) is 5.75 Å². The first-order valence-electron chi connectivity index (χ1n) is 5.26. The molecule has 0 bridgehead atoms. The fourth-order valence-corrected chi connectivity index (χ4v) is 1.43. The second kappa shape index (κ2) is 7.09. The summed E-state index contributed by atoms with van der Waals surface area (Å²) in [6.07, 6.45) is -0.449. The van der Waals surface area contributed by atoms with Gasteiger partial charge in [0.25, 0.3) is 0 Å². The van der Waals surface area contributed by atoms with Gasteiger partial charge in [0.05, 0.1) is 12.7 Å². The third-order valence-electron chi connectivity index (χ3n) is 1.88. The summed E-state index contributed by atoms with van der Waals surface area (Å²) in [6, 6.07) is 7.70. The van der Waals surface area contributed by atoms with E-state index in [-0.39, 0.29) is 12.7 Å². The summed E-state index contributed by atoms with van der Waals surface area (Å²) in [4.78, 5) is 0. The molecule has 0 radical (unpaired) electrons. The second-order valence-electron chi connectivity index (χ2n) is 3.80.